The number of halogens is 1. The SMILES string of the molecule is OC(CCCC1CCCO1)c1ccc(Cl)s1. The topological polar surface area (TPSA) is 29.5 Å². The van der Waals surface area contributed by atoms with Crippen LogP contribution < -0.4 is 0 Å². The summed E-state index contributed by atoms with van der Waals surface area (Å²) in [5, 5.41) is 9.92. The largest absolute Gasteiger partial charge is 0.388 e. The van der Waals surface area contributed by atoms with Crippen LogP contribution in [0.15, 0.2) is 12.1 Å². The fraction of sp³-hybridized carbons (Fsp3) is 0.667. The van der Waals surface area contributed by atoms with E-state index in [0.29, 0.717) is 6.10 Å². The molecule has 2 unspecified atom stereocenters. The summed E-state index contributed by atoms with van der Waals surface area (Å²) in [7, 11) is 0. The van der Waals surface area contributed by atoms with Gasteiger partial charge < -0.3 is 9.84 Å². The van der Waals surface area contributed by atoms with Gasteiger partial charge in [0.05, 0.1) is 16.5 Å². The van der Waals surface area contributed by atoms with E-state index >= 15 is 0 Å². The van der Waals surface area contributed by atoms with E-state index in [1.54, 1.807) is 0 Å². The van der Waals surface area contributed by atoms with Crippen molar-refractivity contribution >= 4 is 22.9 Å². The highest BCUT2D eigenvalue weighted by atomic mass is 35.5. The quantitative estimate of drug-likeness (QED) is 0.873. The summed E-state index contributed by atoms with van der Waals surface area (Å²) in [6.07, 6.45) is 5.32. The van der Waals surface area contributed by atoms with Gasteiger partial charge in [0.1, 0.15) is 0 Å². The standard InChI is InChI=1S/C12H17ClO2S/c13-12-7-6-11(16-12)10(14)5-1-3-9-4-2-8-15-9/h6-7,9-10,14H,1-5,8H2. The fourth-order valence-corrected chi connectivity index (χ4v) is 3.14. The van der Waals surface area contributed by atoms with Crippen molar-refractivity contribution in [3.63, 3.8) is 0 Å². The van der Waals surface area contributed by atoms with Gasteiger partial charge in [0.2, 0.25) is 0 Å². The maximum atomic E-state index is 9.92. The van der Waals surface area contributed by atoms with Crippen LogP contribution in [-0.2, 0) is 4.74 Å². The molecule has 1 saturated heterocycles. The number of rotatable bonds is 5. The van der Waals surface area contributed by atoms with Crippen LogP contribution in [0, 0.1) is 0 Å². The van der Waals surface area contributed by atoms with Gasteiger partial charge in [-0.3, -0.25) is 0 Å². The predicted molar refractivity (Wildman–Crippen MR) is 67.1 cm³/mol. The molecule has 2 nitrogen and oxygen atoms in total. The van der Waals surface area contributed by atoms with Gasteiger partial charge in [0, 0.05) is 11.5 Å². The minimum atomic E-state index is -0.362. The Morgan fingerprint density at radius 2 is 2.44 bits per heavy atom. The molecular weight excluding hydrogens is 244 g/mol. The van der Waals surface area contributed by atoms with Gasteiger partial charge in [0.15, 0.2) is 0 Å². The van der Waals surface area contributed by atoms with Crippen molar-refractivity contribution in [1.29, 1.82) is 0 Å². The van der Waals surface area contributed by atoms with Crippen LogP contribution in [-0.4, -0.2) is 17.8 Å². The molecule has 0 aliphatic carbocycles. The summed E-state index contributed by atoms with van der Waals surface area (Å²) in [5.74, 6) is 0. The van der Waals surface area contributed by atoms with E-state index < -0.39 is 0 Å². The summed E-state index contributed by atoms with van der Waals surface area (Å²) in [6, 6.07) is 3.74. The van der Waals surface area contributed by atoms with Crippen LogP contribution in [0.1, 0.15) is 43.1 Å². The molecular formula is C12H17ClO2S. The van der Waals surface area contributed by atoms with E-state index in [0.717, 1.165) is 35.1 Å². The molecule has 0 aromatic carbocycles. The molecule has 1 fully saturated rings. The second-order valence-electron chi connectivity index (χ2n) is 4.22. The third kappa shape index (κ3) is 3.45. The van der Waals surface area contributed by atoms with E-state index in [-0.39, 0.29) is 6.10 Å². The molecule has 1 aliphatic rings. The minimum Gasteiger partial charge on any atom is -0.388 e. The Labute approximate surface area is 105 Å². The average Bonchev–Trinajstić information content (AvgIpc) is 2.89. The normalized spacial score (nSPS) is 22.5. The van der Waals surface area contributed by atoms with Crippen molar-refractivity contribution in [2.24, 2.45) is 0 Å². The summed E-state index contributed by atoms with van der Waals surface area (Å²) in [5.41, 5.74) is 0. The van der Waals surface area contributed by atoms with Crippen molar-refractivity contribution < 1.29 is 9.84 Å². The predicted octanol–water partition coefficient (Wildman–Crippen LogP) is 3.78. The second-order valence-corrected chi connectivity index (χ2v) is 5.97. The molecule has 2 atom stereocenters. The smallest absolute Gasteiger partial charge is 0.0932 e. The lowest BCUT2D eigenvalue weighted by atomic mass is 10.1. The molecule has 1 aromatic rings. The molecule has 0 radical (unpaired) electrons. The van der Waals surface area contributed by atoms with Crippen molar-refractivity contribution in [3.05, 3.63) is 21.3 Å². The molecule has 0 saturated carbocycles. The lowest BCUT2D eigenvalue weighted by Crippen LogP contribution is -2.05. The Morgan fingerprint density at radius 1 is 1.56 bits per heavy atom. The van der Waals surface area contributed by atoms with E-state index in [1.807, 2.05) is 12.1 Å². The molecule has 0 bridgehead atoms. The molecule has 1 N–H and O–H groups in total. The number of aliphatic hydroxyl groups excluding tert-OH is 1. The summed E-state index contributed by atoms with van der Waals surface area (Å²) in [4.78, 5) is 0.970. The first-order valence-corrected chi connectivity index (χ1v) is 7.00. The van der Waals surface area contributed by atoms with E-state index in [1.165, 1.54) is 24.2 Å². The first-order chi connectivity index (χ1) is 7.75. The van der Waals surface area contributed by atoms with Gasteiger partial charge in [-0.15, -0.1) is 11.3 Å². The summed E-state index contributed by atoms with van der Waals surface area (Å²) in [6.45, 7) is 0.910. The fourth-order valence-electron chi connectivity index (χ4n) is 2.06. The van der Waals surface area contributed by atoms with Crippen molar-refractivity contribution in [2.75, 3.05) is 6.61 Å². The maximum Gasteiger partial charge on any atom is 0.0932 e. The van der Waals surface area contributed by atoms with E-state index in [9.17, 15) is 5.11 Å². The lowest BCUT2D eigenvalue weighted by Gasteiger charge is -2.11. The van der Waals surface area contributed by atoms with Crippen LogP contribution in [0.4, 0.5) is 0 Å². The number of hydrogen-bond acceptors (Lipinski definition) is 3. The molecule has 16 heavy (non-hydrogen) atoms. The number of ether oxygens (including phenoxy) is 1. The van der Waals surface area contributed by atoms with Gasteiger partial charge in [-0.25, -0.2) is 0 Å². The van der Waals surface area contributed by atoms with Crippen molar-refractivity contribution in [1.82, 2.24) is 0 Å². The number of aliphatic hydroxyl groups is 1. The van der Waals surface area contributed by atoms with Crippen molar-refractivity contribution in [3.8, 4) is 0 Å². The Kier molecular flexibility index (Phi) is 4.65. The average molecular weight is 261 g/mol. The van der Waals surface area contributed by atoms with Gasteiger partial charge in [-0.05, 0) is 44.2 Å². The molecule has 1 aromatic heterocycles. The molecule has 2 heterocycles. The molecule has 90 valence electrons. The van der Waals surface area contributed by atoms with Crippen molar-refractivity contribution in [2.45, 2.75) is 44.3 Å². The highest BCUT2D eigenvalue weighted by molar-refractivity contribution is 7.16. The zero-order valence-corrected chi connectivity index (χ0v) is 10.8. The van der Waals surface area contributed by atoms with Gasteiger partial charge in [0.25, 0.3) is 0 Å². The highest BCUT2D eigenvalue weighted by Gasteiger charge is 2.16. The molecule has 4 heteroatoms. The Bertz CT molecular complexity index is 321. The van der Waals surface area contributed by atoms with Crippen LogP contribution >= 0.6 is 22.9 Å². The van der Waals surface area contributed by atoms with Crippen LogP contribution in [0.3, 0.4) is 0 Å². The molecule has 0 spiro atoms. The first kappa shape index (κ1) is 12.4. The lowest BCUT2D eigenvalue weighted by molar-refractivity contribution is 0.0948. The van der Waals surface area contributed by atoms with E-state index in [2.05, 4.69) is 0 Å². The first-order valence-electron chi connectivity index (χ1n) is 5.80. The molecule has 0 amide bonds. The number of thiophene rings is 1. The summed E-state index contributed by atoms with van der Waals surface area (Å²) >= 11 is 7.29. The zero-order valence-electron chi connectivity index (χ0n) is 9.19. The second kappa shape index (κ2) is 6.01. The van der Waals surface area contributed by atoms with Gasteiger partial charge in [-0.1, -0.05) is 11.6 Å². The van der Waals surface area contributed by atoms with Crippen LogP contribution in [0.25, 0.3) is 0 Å². The monoisotopic (exact) mass is 260 g/mol. The summed E-state index contributed by atoms with van der Waals surface area (Å²) < 4.78 is 6.29. The van der Waals surface area contributed by atoms with E-state index in [4.69, 9.17) is 16.3 Å². The van der Waals surface area contributed by atoms with Gasteiger partial charge in [-0.2, -0.15) is 0 Å². The Morgan fingerprint density at radius 3 is 3.06 bits per heavy atom. The maximum absolute atomic E-state index is 9.92. The molecule has 2 rings (SSSR count). The third-order valence-electron chi connectivity index (χ3n) is 2.95. The molecule has 1 aliphatic heterocycles. The Hall–Kier alpha value is -0.0900. The van der Waals surface area contributed by atoms with Crippen LogP contribution in [0.5, 0.6) is 0 Å². The highest BCUT2D eigenvalue weighted by Crippen LogP contribution is 2.30. The third-order valence-corrected chi connectivity index (χ3v) is 4.28. The zero-order chi connectivity index (χ0) is 11.4. The van der Waals surface area contributed by atoms with Gasteiger partial charge >= 0.3 is 0 Å². The Balaban J connectivity index is 1.69. The number of hydrogen-bond donors (Lipinski definition) is 1. The van der Waals surface area contributed by atoms with Crippen LogP contribution in [0.2, 0.25) is 4.34 Å². The minimum absolute atomic E-state index is 0.362.